The molecule has 8 rings (SSSR count). The number of nitrogens with one attached hydrogen (secondary N) is 1. The molecule has 13 nitrogen and oxygen atoms in total. The van der Waals surface area contributed by atoms with E-state index in [9.17, 15) is 29.4 Å². The second-order valence-corrected chi connectivity index (χ2v) is 16.3. The van der Waals surface area contributed by atoms with Crippen LogP contribution < -0.4 is 45.2 Å². The number of hydrogen-bond donors (Lipinski definition) is 1. The Morgan fingerprint density at radius 2 is 0.953 bits per heavy atom. The van der Waals surface area contributed by atoms with Crippen LogP contribution in [-0.2, 0) is 0 Å². The van der Waals surface area contributed by atoms with Crippen molar-refractivity contribution >= 4 is 56.9 Å². The molecule has 2 aliphatic carbocycles. The lowest BCUT2D eigenvalue weighted by atomic mass is 9.89. The van der Waals surface area contributed by atoms with Crippen LogP contribution in [0.25, 0.3) is 66.8 Å². The van der Waals surface area contributed by atoms with Gasteiger partial charge in [-0.05, 0) is 65.7 Å². The molecule has 0 aromatic heterocycles. The summed E-state index contributed by atoms with van der Waals surface area (Å²) in [6, 6.07) is 31.0. The van der Waals surface area contributed by atoms with Gasteiger partial charge in [0.15, 0.2) is 5.78 Å². The molecule has 64 heavy (non-hydrogen) atoms. The number of amides is 1. The summed E-state index contributed by atoms with van der Waals surface area (Å²) >= 11 is 0. The minimum absolute atomic E-state index is 0.0314. The Kier molecular flexibility index (Phi) is 11.1. The Hall–Kier alpha value is -8.06. The predicted octanol–water partition coefficient (Wildman–Crippen LogP) is 4.42. The number of ketones is 1. The van der Waals surface area contributed by atoms with E-state index in [1.165, 1.54) is 30.3 Å². The van der Waals surface area contributed by atoms with Gasteiger partial charge < -0.3 is 43.8 Å². The van der Waals surface area contributed by atoms with Crippen molar-refractivity contribution in [1.29, 1.82) is 0 Å². The fraction of sp³-hybridized carbons (Fsp3) is 0.157. The molecular formula is C51H44N5O8. The Bertz CT molecular complexity index is 3110. The number of carbonyl (C=O) groups excluding carboxylic acids is 4. The van der Waals surface area contributed by atoms with E-state index in [1.54, 1.807) is 6.07 Å². The number of Topliss-reactive ketones (excluding diaryl/α,β-unsaturated/α-hetero) is 1. The van der Waals surface area contributed by atoms with E-state index in [2.05, 4.69) is 5.32 Å². The van der Waals surface area contributed by atoms with Crippen molar-refractivity contribution in [3.8, 4) is 44.9 Å². The van der Waals surface area contributed by atoms with Gasteiger partial charge in [0.2, 0.25) is 10.7 Å². The van der Waals surface area contributed by atoms with E-state index in [0.717, 1.165) is 28.6 Å². The summed E-state index contributed by atoms with van der Waals surface area (Å²) < 4.78 is 16.6. The number of carboxylic acids is 2. The number of nitrogens with zero attached hydrogens (tertiary/aromatic N) is 4. The monoisotopic (exact) mass is 854 g/mol. The highest BCUT2D eigenvalue weighted by atomic mass is 16.4. The topological polar surface area (TPSA) is 165 Å². The van der Waals surface area contributed by atoms with Crippen LogP contribution in [0.4, 0.5) is 11.4 Å². The van der Waals surface area contributed by atoms with Gasteiger partial charge in [-0.3, -0.25) is 9.59 Å². The molecule has 1 amide bonds. The first-order valence-corrected chi connectivity index (χ1v) is 20.3. The van der Waals surface area contributed by atoms with Crippen molar-refractivity contribution < 1.29 is 38.2 Å². The van der Waals surface area contributed by atoms with Gasteiger partial charge in [-0.2, -0.15) is 0 Å². The van der Waals surface area contributed by atoms with E-state index in [-0.39, 0.29) is 22.3 Å². The van der Waals surface area contributed by atoms with Crippen LogP contribution in [0.5, 0.6) is 0 Å². The SMILES string of the molecule is CN(C)c1ccc2c(-c3ccc(C(=O)[CH]NC(=O)c4ccc(-c5c6ccc(=[N+](C)C)cc-6oc6cc(N(C)C)ccc56)c(C(=O)[O-])c4)cc3C(=O)[O-])c3ccc(=[N+](C)C)cc-3oc2c1. The maximum absolute atomic E-state index is 13.6. The maximum atomic E-state index is 13.6. The smallest absolute Gasteiger partial charge is 0.251 e. The quantitative estimate of drug-likeness (QED) is 0.118. The van der Waals surface area contributed by atoms with Gasteiger partial charge in [-0.25, -0.2) is 9.15 Å². The maximum Gasteiger partial charge on any atom is 0.251 e. The number of fused-ring (bicyclic) bond motifs is 4. The van der Waals surface area contributed by atoms with Gasteiger partial charge in [0.1, 0.15) is 57.4 Å². The molecule has 1 radical (unpaired) electrons. The fourth-order valence-electron chi connectivity index (χ4n) is 7.88. The van der Waals surface area contributed by atoms with Crippen molar-refractivity contribution in [2.24, 2.45) is 0 Å². The van der Waals surface area contributed by atoms with Gasteiger partial charge >= 0.3 is 0 Å². The first kappa shape index (κ1) is 42.6. The third kappa shape index (κ3) is 7.83. The number of carbonyl (C=O) groups is 4. The first-order chi connectivity index (χ1) is 30.5. The molecule has 0 unspecified atom stereocenters. The number of anilines is 2. The van der Waals surface area contributed by atoms with Gasteiger partial charge in [0.05, 0.1) is 24.1 Å². The van der Waals surface area contributed by atoms with Gasteiger partial charge in [0, 0.05) is 119 Å². The van der Waals surface area contributed by atoms with Crippen LogP contribution in [0.15, 0.2) is 118 Å². The summed E-state index contributed by atoms with van der Waals surface area (Å²) in [6.07, 6.45) is 0. The Morgan fingerprint density at radius 3 is 1.38 bits per heavy atom. The van der Waals surface area contributed by atoms with Crippen LogP contribution in [-0.4, -0.2) is 80.0 Å². The molecule has 321 valence electrons. The molecule has 0 saturated heterocycles. The second-order valence-electron chi connectivity index (χ2n) is 16.3. The largest absolute Gasteiger partial charge is 0.545 e. The Balaban J connectivity index is 1.13. The molecule has 1 N–H and O–H groups in total. The van der Waals surface area contributed by atoms with Crippen molar-refractivity contribution in [3.63, 3.8) is 0 Å². The Morgan fingerprint density at radius 1 is 0.531 bits per heavy atom. The van der Waals surface area contributed by atoms with E-state index in [0.29, 0.717) is 66.8 Å². The van der Waals surface area contributed by atoms with Crippen molar-refractivity contribution in [2.75, 3.05) is 66.2 Å². The van der Waals surface area contributed by atoms with Crippen molar-refractivity contribution in [3.05, 3.63) is 149 Å². The van der Waals surface area contributed by atoms with Crippen LogP contribution in [0.2, 0.25) is 0 Å². The lowest BCUT2D eigenvalue weighted by Crippen LogP contribution is -2.27. The van der Waals surface area contributed by atoms with E-state index >= 15 is 0 Å². The van der Waals surface area contributed by atoms with E-state index < -0.39 is 23.6 Å². The summed E-state index contributed by atoms with van der Waals surface area (Å²) in [5.74, 6) is -3.45. The minimum Gasteiger partial charge on any atom is -0.545 e. The molecular weight excluding hydrogens is 811 g/mol. The second kappa shape index (κ2) is 16.7. The number of carboxylic acid groups (broad SMARTS) is 2. The molecule has 4 aromatic carbocycles. The van der Waals surface area contributed by atoms with Gasteiger partial charge in [-0.15, -0.1) is 0 Å². The standard InChI is InChI=1S/C51H44N5O8/c1-53(2)30-11-17-36-43(23-30)63-44-24-31(54(3)4)12-18-37(44)47(36)34-15-9-28(21-40(34)50(59)60)42(57)27-52-49(58)29-10-16-35(41(22-29)51(61)62)48-38-19-13-32(55(5)6)25-45(38)64-46-26-33(56(7)8)14-20-39(46)48/h9-27H,1-8H3,(H-2,52,58,59,60,61,62). The number of benzene rings is 6. The molecule has 2 heterocycles. The van der Waals surface area contributed by atoms with Crippen LogP contribution in [0, 0.1) is 6.54 Å². The number of hydrogen-bond acceptors (Lipinski definition) is 10. The van der Waals surface area contributed by atoms with Crippen LogP contribution in [0.3, 0.4) is 0 Å². The fourth-order valence-corrected chi connectivity index (χ4v) is 7.88. The highest BCUT2D eigenvalue weighted by Crippen LogP contribution is 2.44. The number of aromatic carboxylic acids is 2. The third-order valence-corrected chi connectivity index (χ3v) is 11.3. The lowest BCUT2D eigenvalue weighted by molar-refractivity contribution is -0.256. The molecule has 0 atom stereocenters. The molecule has 13 heteroatoms. The average molecular weight is 855 g/mol. The summed E-state index contributed by atoms with van der Waals surface area (Å²) in [7, 11) is 15.3. The lowest BCUT2D eigenvalue weighted by Gasteiger charge is -2.20. The van der Waals surface area contributed by atoms with E-state index in [1.807, 2.05) is 148 Å². The number of rotatable bonds is 10. The minimum atomic E-state index is -1.51. The highest BCUT2D eigenvalue weighted by molar-refractivity contribution is 6.12. The summed E-state index contributed by atoms with van der Waals surface area (Å²) in [6.45, 7) is 0.908. The van der Waals surface area contributed by atoms with E-state index in [4.69, 9.17) is 8.83 Å². The summed E-state index contributed by atoms with van der Waals surface area (Å²) in [4.78, 5) is 56.7. The molecule has 0 spiro atoms. The summed E-state index contributed by atoms with van der Waals surface area (Å²) in [5.41, 5.74) is 5.29. The van der Waals surface area contributed by atoms with Crippen LogP contribution >= 0.6 is 0 Å². The molecule has 0 bridgehead atoms. The molecule has 2 aliphatic heterocycles. The van der Waals surface area contributed by atoms with Crippen molar-refractivity contribution in [2.45, 2.75) is 0 Å². The zero-order valence-corrected chi connectivity index (χ0v) is 36.5. The predicted molar refractivity (Wildman–Crippen MR) is 244 cm³/mol. The zero-order valence-electron chi connectivity index (χ0n) is 36.5. The normalized spacial score (nSPS) is 11.2. The zero-order chi connectivity index (χ0) is 45.7. The van der Waals surface area contributed by atoms with Gasteiger partial charge in [-0.1, -0.05) is 18.2 Å². The summed E-state index contributed by atoms with van der Waals surface area (Å²) in [5, 5.41) is 31.2. The third-order valence-electron chi connectivity index (χ3n) is 11.3. The van der Waals surface area contributed by atoms with Gasteiger partial charge in [0.25, 0.3) is 5.91 Å². The van der Waals surface area contributed by atoms with Crippen molar-refractivity contribution in [1.82, 2.24) is 14.5 Å². The highest BCUT2D eigenvalue weighted by Gasteiger charge is 2.24. The van der Waals surface area contributed by atoms with Crippen LogP contribution in [0.1, 0.15) is 41.4 Å². The first-order valence-electron chi connectivity index (χ1n) is 20.3. The molecule has 0 fully saturated rings. The molecule has 4 aliphatic rings. The molecule has 4 aromatic rings. The Labute approximate surface area is 368 Å². The molecule has 0 saturated carbocycles. The average Bonchev–Trinajstić information content (AvgIpc) is 3.27.